The Morgan fingerprint density at radius 3 is 2.94 bits per heavy atom. The van der Waals surface area contributed by atoms with E-state index < -0.39 is 0 Å². The van der Waals surface area contributed by atoms with Crippen LogP contribution in [0.15, 0.2) is 30.6 Å². The number of benzene rings is 1. The molecule has 1 heterocycles. The maximum atomic E-state index is 6.07. The summed E-state index contributed by atoms with van der Waals surface area (Å²) in [7, 11) is 0. The van der Waals surface area contributed by atoms with Crippen molar-refractivity contribution < 1.29 is 4.74 Å². The topological polar surface area (TPSA) is 48.1 Å². The van der Waals surface area contributed by atoms with Gasteiger partial charge in [-0.25, -0.2) is 0 Å². The Morgan fingerprint density at radius 1 is 1.38 bits per heavy atom. The van der Waals surface area contributed by atoms with E-state index in [-0.39, 0.29) is 6.10 Å². The third-order valence-electron chi connectivity index (χ3n) is 2.72. The Morgan fingerprint density at radius 2 is 2.19 bits per heavy atom. The van der Waals surface area contributed by atoms with E-state index in [1.807, 2.05) is 25.1 Å². The van der Waals surface area contributed by atoms with Gasteiger partial charge in [0.1, 0.15) is 5.75 Å². The van der Waals surface area contributed by atoms with Crippen molar-refractivity contribution >= 4 is 16.5 Å². The lowest BCUT2D eigenvalue weighted by molar-refractivity contribution is 0.219. The summed E-state index contributed by atoms with van der Waals surface area (Å²) in [5, 5.41) is 2.03. The molecule has 3 nitrogen and oxygen atoms in total. The van der Waals surface area contributed by atoms with Crippen molar-refractivity contribution in [3.63, 3.8) is 0 Å². The molecule has 2 aromatic rings. The van der Waals surface area contributed by atoms with Crippen LogP contribution in [-0.4, -0.2) is 11.1 Å². The van der Waals surface area contributed by atoms with Crippen molar-refractivity contribution in [1.29, 1.82) is 0 Å². The van der Waals surface area contributed by atoms with Crippen LogP contribution in [0.3, 0.4) is 0 Å². The van der Waals surface area contributed by atoms with Crippen LogP contribution in [0.2, 0.25) is 0 Å². The van der Waals surface area contributed by atoms with Gasteiger partial charge < -0.3 is 10.5 Å². The van der Waals surface area contributed by atoms with Gasteiger partial charge in [-0.05, 0) is 31.5 Å². The molecule has 1 unspecified atom stereocenters. The van der Waals surface area contributed by atoms with Gasteiger partial charge in [-0.2, -0.15) is 0 Å². The molecule has 1 aromatic heterocycles. The van der Waals surface area contributed by atoms with Gasteiger partial charge in [0.05, 0.1) is 11.8 Å². The second-order valence-electron chi connectivity index (χ2n) is 3.91. The molecule has 0 saturated heterocycles. The highest BCUT2D eigenvalue weighted by Gasteiger charge is 2.07. The SMILES string of the molecule is CCC(C)Oc1ccc2cnccc2c1N. The van der Waals surface area contributed by atoms with Crippen LogP contribution < -0.4 is 10.5 Å². The number of aromatic nitrogens is 1. The third kappa shape index (κ3) is 1.94. The lowest BCUT2D eigenvalue weighted by Gasteiger charge is -2.15. The highest BCUT2D eigenvalue weighted by atomic mass is 16.5. The minimum atomic E-state index is 0.182. The summed E-state index contributed by atoms with van der Waals surface area (Å²) < 4.78 is 5.76. The van der Waals surface area contributed by atoms with Crippen molar-refractivity contribution in [2.45, 2.75) is 26.4 Å². The molecule has 1 atom stereocenters. The molecular weight excluding hydrogens is 200 g/mol. The summed E-state index contributed by atoms with van der Waals surface area (Å²) in [5.74, 6) is 0.757. The van der Waals surface area contributed by atoms with E-state index in [4.69, 9.17) is 10.5 Å². The summed E-state index contributed by atoms with van der Waals surface area (Å²) in [6.45, 7) is 4.13. The van der Waals surface area contributed by atoms with Gasteiger partial charge in [0.2, 0.25) is 0 Å². The minimum Gasteiger partial charge on any atom is -0.489 e. The Balaban J connectivity index is 2.44. The first kappa shape index (κ1) is 10.7. The summed E-state index contributed by atoms with van der Waals surface area (Å²) in [6.07, 6.45) is 4.69. The van der Waals surface area contributed by atoms with Crippen molar-refractivity contribution in [3.05, 3.63) is 30.6 Å². The number of anilines is 1. The zero-order chi connectivity index (χ0) is 11.5. The number of hydrogen-bond acceptors (Lipinski definition) is 3. The molecule has 0 aliphatic carbocycles. The zero-order valence-corrected chi connectivity index (χ0v) is 9.60. The number of pyridine rings is 1. The van der Waals surface area contributed by atoms with Gasteiger partial charge in [-0.1, -0.05) is 6.92 Å². The standard InChI is InChI=1S/C13H16N2O/c1-3-9(2)16-12-5-4-10-8-15-7-6-11(10)13(12)14/h4-9H,3,14H2,1-2H3. The fourth-order valence-electron chi connectivity index (χ4n) is 1.58. The number of nitrogens with two attached hydrogens (primary N) is 1. The molecule has 0 aliphatic heterocycles. The first-order chi connectivity index (χ1) is 7.72. The van der Waals surface area contributed by atoms with Crippen molar-refractivity contribution in [2.24, 2.45) is 0 Å². The largest absolute Gasteiger partial charge is 0.489 e. The zero-order valence-electron chi connectivity index (χ0n) is 9.60. The van der Waals surface area contributed by atoms with Crippen LogP contribution in [0.5, 0.6) is 5.75 Å². The molecule has 0 amide bonds. The van der Waals surface area contributed by atoms with E-state index in [0.717, 1.165) is 22.9 Å². The van der Waals surface area contributed by atoms with E-state index in [2.05, 4.69) is 11.9 Å². The Bertz CT molecular complexity index is 496. The third-order valence-corrected chi connectivity index (χ3v) is 2.72. The predicted octanol–water partition coefficient (Wildman–Crippen LogP) is 2.99. The highest BCUT2D eigenvalue weighted by molar-refractivity contribution is 5.95. The van der Waals surface area contributed by atoms with Crippen LogP contribution in [0.25, 0.3) is 10.8 Å². The number of fused-ring (bicyclic) bond motifs is 1. The predicted molar refractivity (Wildman–Crippen MR) is 66.5 cm³/mol. The molecule has 0 fully saturated rings. The molecule has 0 radical (unpaired) electrons. The second-order valence-corrected chi connectivity index (χ2v) is 3.91. The molecule has 0 spiro atoms. The second kappa shape index (κ2) is 4.39. The fraction of sp³-hybridized carbons (Fsp3) is 0.308. The van der Waals surface area contributed by atoms with E-state index >= 15 is 0 Å². The first-order valence-corrected chi connectivity index (χ1v) is 5.51. The van der Waals surface area contributed by atoms with Gasteiger partial charge in [-0.15, -0.1) is 0 Å². The van der Waals surface area contributed by atoms with E-state index in [1.165, 1.54) is 0 Å². The van der Waals surface area contributed by atoms with Crippen LogP contribution >= 0.6 is 0 Å². The maximum absolute atomic E-state index is 6.07. The van der Waals surface area contributed by atoms with Crippen LogP contribution in [0.1, 0.15) is 20.3 Å². The number of nitrogens with zero attached hydrogens (tertiary/aromatic N) is 1. The summed E-state index contributed by atoms with van der Waals surface area (Å²) in [6, 6.07) is 5.80. The molecule has 0 aliphatic rings. The highest BCUT2D eigenvalue weighted by Crippen LogP contribution is 2.30. The Labute approximate surface area is 95.2 Å². The van der Waals surface area contributed by atoms with Crippen molar-refractivity contribution in [3.8, 4) is 5.75 Å². The fourth-order valence-corrected chi connectivity index (χ4v) is 1.58. The van der Waals surface area contributed by atoms with Gasteiger partial charge in [-0.3, -0.25) is 4.98 Å². The number of rotatable bonds is 3. The number of hydrogen-bond donors (Lipinski definition) is 1. The average Bonchev–Trinajstić information content (AvgIpc) is 2.33. The summed E-state index contributed by atoms with van der Waals surface area (Å²) >= 11 is 0. The first-order valence-electron chi connectivity index (χ1n) is 5.51. The number of nitrogen functional groups attached to an aromatic ring is 1. The number of ether oxygens (including phenoxy) is 1. The van der Waals surface area contributed by atoms with Crippen molar-refractivity contribution in [1.82, 2.24) is 4.98 Å². The smallest absolute Gasteiger partial charge is 0.143 e. The summed E-state index contributed by atoms with van der Waals surface area (Å²) in [4.78, 5) is 4.06. The quantitative estimate of drug-likeness (QED) is 0.802. The van der Waals surface area contributed by atoms with Gasteiger partial charge >= 0.3 is 0 Å². The Hall–Kier alpha value is -1.77. The van der Waals surface area contributed by atoms with E-state index in [0.29, 0.717) is 5.69 Å². The molecule has 3 heteroatoms. The normalized spacial score (nSPS) is 12.6. The molecule has 0 saturated carbocycles. The monoisotopic (exact) mass is 216 g/mol. The van der Waals surface area contributed by atoms with Gasteiger partial charge in [0.25, 0.3) is 0 Å². The lowest BCUT2D eigenvalue weighted by Crippen LogP contribution is -2.11. The Kier molecular flexibility index (Phi) is 2.95. The van der Waals surface area contributed by atoms with Gasteiger partial charge in [0, 0.05) is 23.2 Å². The van der Waals surface area contributed by atoms with Gasteiger partial charge in [0.15, 0.2) is 0 Å². The molecule has 84 valence electrons. The maximum Gasteiger partial charge on any atom is 0.143 e. The summed E-state index contributed by atoms with van der Waals surface area (Å²) in [5.41, 5.74) is 6.76. The molecule has 16 heavy (non-hydrogen) atoms. The van der Waals surface area contributed by atoms with Crippen LogP contribution in [0.4, 0.5) is 5.69 Å². The average molecular weight is 216 g/mol. The van der Waals surface area contributed by atoms with Crippen LogP contribution in [-0.2, 0) is 0 Å². The molecule has 2 rings (SSSR count). The minimum absolute atomic E-state index is 0.182. The van der Waals surface area contributed by atoms with Crippen molar-refractivity contribution in [2.75, 3.05) is 5.73 Å². The van der Waals surface area contributed by atoms with E-state index in [1.54, 1.807) is 12.4 Å². The molecule has 2 N–H and O–H groups in total. The van der Waals surface area contributed by atoms with E-state index in [9.17, 15) is 0 Å². The van der Waals surface area contributed by atoms with Crippen LogP contribution in [0, 0.1) is 0 Å². The molecular formula is C13H16N2O. The lowest BCUT2D eigenvalue weighted by atomic mass is 10.1. The molecule has 0 bridgehead atoms. The molecule has 1 aromatic carbocycles.